The zero-order valence-corrected chi connectivity index (χ0v) is 14.3. The Morgan fingerprint density at radius 2 is 2.12 bits per heavy atom. The minimum atomic E-state index is -4.71. The number of halogens is 3. The van der Waals surface area contributed by atoms with Crippen LogP contribution in [0.15, 0.2) is 39.9 Å². The van der Waals surface area contributed by atoms with E-state index in [9.17, 15) is 18.0 Å². The minimum Gasteiger partial charge on any atom is -0.459 e. The summed E-state index contributed by atoms with van der Waals surface area (Å²) in [5.41, 5.74) is 0.703. The Morgan fingerprint density at radius 1 is 1.38 bits per heavy atom. The van der Waals surface area contributed by atoms with E-state index in [4.69, 9.17) is 10.3 Å². The van der Waals surface area contributed by atoms with Gasteiger partial charge in [0.15, 0.2) is 0 Å². The molecule has 3 N–H and O–H groups in total. The van der Waals surface area contributed by atoms with Crippen LogP contribution in [0.3, 0.4) is 0 Å². The smallest absolute Gasteiger partial charge is 0.453 e. The number of furan rings is 1. The van der Waals surface area contributed by atoms with Crippen molar-refractivity contribution < 1.29 is 22.4 Å². The number of amides is 1. The SMILES string of the molecule is C[C@@H](NC(=O)CSc1nnc(C(F)(F)F)n1N)c1cc2ccccc2o1. The molecule has 0 unspecified atom stereocenters. The van der Waals surface area contributed by atoms with Gasteiger partial charge in [0.2, 0.25) is 11.1 Å². The summed E-state index contributed by atoms with van der Waals surface area (Å²) >= 11 is 0.756. The predicted octanol–water partition coefficient (Wildman–Crippen LogP) is 2.73. The second-order valence-electron chi connectivity index (χ2n) is 5.44. The number of rotatable bonds is 5. The Morgan fingerprint density at radius 3 is 2.77 bits per heavy atom. The van der Waals surface area contributed by atoms with Gasteiger partial charge in [0.05, 0.1) is 11.8 Å². The fraction of sp³-hybridized carbons (Fsp3) is 0.267. The predicted molar refractivity (Wildman–Crippen MR) is 88.7 cm³/mol. The highest BCUT2D eigenvalue weighted by Gasteiger charge is 2.38. The molecule has 0 aliphatic carbocycles. The summed E-state index contributed by atoms with van der Waals surface area (Å²) in [5, 5.41) is 9.76. The molecule has 0 aliphatic heterocycles. The lowest BCUT2D eigenvalue weighted by atomic mass is 10.2. The van der Waals surface area contributed by atoms with Gasteiger partial charge in [-0.05, 0) is 19.1 Å². The normalized spacial score (nSPS) is 13.1. The Labute approximate surface area is 149 Å². The maximum atomic E-state index is 12.6. The number of nitrogens with zero attached hydrogens (tertiary/aromatic N) is 3. The van der Waals surface area contributed by atoms with Gasteiger partial charge in [-0.25, -0.2) is 4.68 Å². The molecular weight excluding hydrogens is 371 g/mol. The number of nitrogen functional groups attached to an aromatic ring is 1. The molecule has 2 heterocycles. The summed E-state index contributed by atoms with van der Waals surface area (Å²) in [6.45, 7) is 1.74. The van der Waals surface area contributed by atoms with E-state index in [0.29, 0.717) is 16.0 Å². The van der Waals surface area contributed by atoms with Crippen molar-refractivity contribution in [2.24, 2.45) is 0 Å². The Bertz CT molecular complexity index is 904. The molecule has 0 fully saturated rings. The highest BCUT2D eigenvalue weighted by molar-refractivity contribution is 7.99. The van der Waals surface area contributed by atoms with Gasteiger partial charge >= 0.3 is 6.18 Å². The molecule has 1 aromatic carbocycles. The number of alkyl halides is 3. The van der Waals surface area contributed by atoms with Crippen molar-refractivity contribution in [3.8, 4) is 0 Å². The molecule has 138 valence electrons. The van der Waals surface area contributed by atoms with E-state index < -0.39 is 23.9 Å². The lowest BCUT2D eigenvalue weighted by Gasteiger charge is -2.11. The topological polar surface area (TPSA) is 99.0 Å². The number of thioether (sulfide) groups is 1. The molecule has 2 aromatic heterocycles. The highest BCUT2D eigenvalue weighted by atomic mass is 32.2. The van der Waals surface area contributed by atoms with Crippen molar-refractivity contribution in [2.45, 2.75) is 24.3 Å². The number of aromatic nitrogens is 3. The zero-order valence-electron chi connectivity index (χ0n) is 13.4. The summed E-state index contributed by atoms with van der Waals surface area (Å²) in [5.74, 6) is 3.99. The Kier molecular flexibility index (Phi) is 4.81. The summed E-state index contributed by atoms with van der Waals surface area (Å²) in [6, 6.07) is 8.83. The molecule has 0 radical (unpaired) electrons. The van der Waals surface area contributed by atoms with Crippen LogP contribution in [-0.4, -0.2) is 26.5 Å². The van der Waals surface area contributed by atoms with E-state index in [1.165, 1.54) is 0 Å². The van der Waals surface area contributed by atoms with Crippen LogP contribution in [0.1, 0.15) is 24.6 Å². The third-order valence-electron chi connectivity index (χ3n) is 3.50. The molecule has 11 heteroatoms. The fourth-order valence-electron chi connectivity index (χ4n) is 2.27. The molecule has 3 aromatic rings. The zero-order chi connectivity index (χ0) is 18.9. The highest BCUT2D eigenvalue weighted by Crippen LogP contribution is 2.29. The van der Waals surface area contributed by atoms with Crippen LogP contribution in [0.2, 0.25) is 0 Å². The van der Waals surface area contributed by atoms with E-state index in [-0.39, 0.29) is 10.9 Å². The molecule has 0 bridgehead atoms. The van der Waals surface area contributed by atoms with Gasteiger partial charge in [-0.2, -0.15) is 13.2 Å². The molecule has 0 saturated heterocycles. The van der Waals surface area contributed by atoms with Crippen LogP contribution in [0, 0.1) is 0 Å². The first-order valence-corrected chi connectivity index (χ1v) is 8.42. The van der Waals surface area contributed by atoms with Gasteiger partial charge in [0.25, 0.3) is 5.82 Å². The van der Waals surface area contributed by atoms with Gasteiger partial charge in [0.1, 0.15) is 11.3 Å². The van der Waals surface area contributed by atoms with Crippen molar-refractivity contribution in [2.75, 3.05) is 11.6 Å². The molecule has 0 aliphatic rings. The van der Waals surface area contributed by atoms with Crippen LogP contribution in [0.4, 0.5) is 13.2 Å². The average Bonchev–Trinajstić information content (AvgIpc) is 3.16. The number of fused-ring (bicyclic) bond motifs is 1. The second-order valence-corrected chi connectivity index (χ2v) is 6.38. The first-order valence-electron chi connectivity index (χ1n) is 7.44. The van der Waals surface area contributed by atoms with Crippen LogP contribution in [0.25, 0.3) is 11.0 Å². The van der Waals surface area contributed by atoms with Crippen molar-refractivity contribution in [1.82, 2.24) is 20.2 Å². The molecule has 7 nitrogen and oxygen atoms in total. The van der Waals surface area contributed by atoms with Gasteiger partial charge in [-0.3, -0.25) is 4.79 Å². The lowest BCUT2D eigenvalue weighted by molar-refractivity contribution is -0.146. The van der Waals surface area contributed by atoms with E-state index in [1.807, 2.05) is 30.3 Å². The Balaban J connectivity index is 1.59. The minimum absolute atomic E-state index is 0.169. The van der Waals surface area contributed by atoms with E-state index in [0.717, 1.165) is 17.1 Å². The van der Waals surface area contributed by atoms with E-state index in [2.05, 4.69) is 15.5 Å². The molecular formula is C15H14F3N5O2S. The van der Waals surface area contributed by atoms with Crippen molar-refractivity contribution >= 4 is 28.6 Å². The third-order valence-corrected chi connectivity index (χ3v) is 4.44. The summed E-state index contributed by atoms with van der Waals surface area (Å²) < 4.78 is 43.8. The number of carbonyl (C=O) groups is 1. The average molecular weight is 385 g/mol. The largest absolute Gasteiger partial charge is 0.459 e. The van der Waals surface area contributed by atoms with Gasteiger partial charge in [-0.1, -0.05) is 30.0 Å². The molecule has 0 saturated carbocycles. The van der Waals surface area contributed by atoms with Crippen LogP contribution >= 0.6 is 11.8 Å². The van der Waals surface area contributed by atoms with Gasteiger partial charge < -0.3 is 15.6 Å². The fourth-order valence-corrected chi connectivity index (χ4v) is 2.94. The number of hydrogen-bond acceptors (Lipinski definition) is 6. The Hall–Kier alpha value is -2.69. The number of nitrogens with two attached hydrogens (primary N) is 1. The van der Waals surface area contributed by atoms with E-state index >= 15 is 0 Å². The molecule has 26 heavy (non-hydrogen) atoms. The van der Waals surface area contributed by atoms with Crippen LogP contribution in [0.5, 0.6) is 0 Å². The number of nitrogens with one attached hydrogen (secondary N) is 1. The van der Waals surface area contributed by atoms with Crippen molar-refractivity contribution in [3.05, 3.63) is 41.9 Å². The maximum Gasteiger partial charge on any atom is 0.453 e. The van der Waals surface area contributed by atoms with E-state index in [1.54, 1.807) is 6.92 Å². The number of hydrogen-bond donors (Lipinski definition) is 2. The first-order chi connectivity index (χ1) is 12.3. The molecule has 3 rings (SSSR count). The first kappa shape index (κ1) is 18.1. The summed E-state index contributed by atoms with van der Waals surface area (Å²) in [6.07, 6.45) is -4.71. The van der Waals surface area contributed by atoms with Crippen molar-refractivity contribution in [3.63, 3.8) is 0 Å². The maximum absolute atomic E-state index is 12.6. The van der Waals surface area contributed by atoms with Gasteiger partial charge in [-0.15, -0.1) is 10.2 Å². The number of para-hydroxylation sites is 1. The van der Waals surface area contributed by atoms with Crippen molar-refractivity contribution in [1.29, 1.82) is 0 Å². The monoisotopic (exact) mass is 385 g/mol. The number of benzene rings is 1. The molecule has 1 amide bonds. The standard InChI is InChI=1S/C15H14F3N5O2S/c1-8(11-6-9-4-2-3-5-10(9)25-11)20-12(24)7-26-14-22-21-13(23(14)19)15(16,17)18/h2-6,8H,7,19H2,1H3,(H,20,24)/t8-/m1/s1. The number of carbonyl (C=O) groups excluding carboxylic acids is 1. The third kappa shape index (κ3) is 3.77. The molecule has 0 spiro atoms. The van der Waals surface area contributed by atoms with Gasteiger partial charge in [0, 0.05) is 5.39 Å². The summed E-state index contributed by atoms with van der Waals surface area (Å²) in [4.78, 5) is 12.0. The summed E-state index contributed by atoms with van der Waals surface area (Å²) in [7, 11) is 0. The van der Waals surface area contributed by atoms with Crippen LogP contribution in [-0.2, 0) is 11.0 Å². The molecule has 1 atom stereocenters. The quantitative estimate of drug-likeness (QED) is 0.518. The van der Waals surface area contributed by atoms with Crippen LogP contribution < -0.4 is 11.2 Å². The second kappa shape index (κ2) is 6.90. The lowest BCUT2D eigenvalue weighted by Crippen LogP contribution is -2.28.